The number of aryl methyl sites for hydroxylation is 2. The smallest absolute Gasteiger partial charge is 0.146 e. The highest BCUT2D eigenvalue weighted by Gasteiger charge is 2.14. The van der Waals surface area contributed by atoms with Crippen LogP contribution in [0.25, 0.3) is 0 Å². The van der Waals surface area contributed by atoms with Crippen molar-refractivity contribution < 1.29 is 4.39 Å². The van der Waals surface area contributed by atoms with Crippen molar-refractivity contribution in [2.75, 3.05) is 0 Å². The fraction of sp³-hybridized carbons (Fsp3) is 0.333. The summed E-state index contributed by atoms with van der Waals surface area (Å²) in [6.07, 6.45) is 3.74. The predicted octanol–water partition coefficient (Wildman–Crippen LogP) is 4.32. The summed E-state index contributed by atoms with van der Waals surface area (Å²) in [6, 6.07) is 7.41. The molecule has 0 atom stereocenters. The Morgan fingerprint density at radius 1 is 1.26 bits per heavy atom. The zero-order chi connectivity index (χ0) is 13.2. The molecule has 3 rings (SSSR count). The second-order valence-electron chi connectivity index (χ2n) is 4.83. The molecule has 1 aromatic carbocycles. The van der Waals surface area contributed by atoms with Crippen molar-refractivity contribution in [3.8, 4) is 0 Å². The third-order valence-corrected chi connectivity index (χ3v) is 4.97. The van der Waals surface area contributed by atoms with E-state index in [2.05, 4.69) is 11.4 Å². The fourth-order valence-electron chi connectivity index (χ4n) is 2.48. The third kappa shape index (κ3) is 2.83. The lowest BCUT2D eigenvalue weighted by molar-refractivity contribution is 0.589. The Balaban J connectivity index is 1.59. The van der Waals surface area contributed by atoms with Crippen LogP contribution in [0, 0.1) is 5.82 Å². The van der Waals surface area contributed by atoms with Crippen molar-refractivity contribution in [1.82, 2.24) is 5.32 Å². The summed E-state index contributed by atoms with van der Waals surface area (Å²) in [5, 5.41) is 3.48. The number of thiophene rings is 1. The van der Waals surface area contributed by atoms with Crippen LogP contribution in [0.4, 0.5) is 4.39 Å². The molecule has 1 nitrogen and oxygen atoms in total. The van der Waals surface area contributed by atoms with Gasteiger partial charge in [-0.15, -0.1) is 11.3 Å². The molecule has 1 heterocycles. The number of hydrogen-bond acceptors (Lipinski definition) is 2. The molecule has 100 valence electrons. The van der Waals surface area contributed by atoms with E-state index in [0.29, 0.717) is 12.1 Å². The summed E-state index contributed by atoms with van der Waals surface area (Å²) in [4.78, 5) is 2.87. The van der Waals surface area contributed by atoms with E-state index < -0.39 is 0 Å². The van der Waals surface area contributed by atoms with Gasteiger partial charge in [0.1, 0.15) is 5.82 Å². The first-order valence-corrected chi connectivity index (χ1v) is 7.67. The lowest BCUT2D eigenvalue weighted by atomic mass is 10.2. The Bertz CT molecular complexity index is 572. The molecule has 0 saturated carbocycles. The first-order valence-electron chi connectivity index (χ1n) is 6.48. The molecule has 1 aromatic heterocycles. The van der Waals surface area contributed by atoms with Gasteiger partial charge in [0.15, 0.2) is 0 Å². The highest BCUT2D eigenvalue weighted by molar-refractivity contribution is 7.12. The molecule has 1 aliphatic carbocycles. The van der Waals surface area contributed by atoms with Crippen molar-refractivity contribution in [1.29, 1.82) is 0 Å². The van der Waals surface area contributed by atoms with Gasteiger partial charge in [0.25, 0.3) is 0 Å². The Kier molecular flexibility index (Phi) is 3.87. The predicted molar refractivity (Wildman–Crippen MR) is 78.3 cm³/mol. The average molecular weight is 296 g/mol. The van der Waals surface area contributed by atoms with E-state index in [1.165, 1.54) is 34.6 Å². The zero-order valence-corrected chi connectivity index (χ0v) is 12.1. The van der Waals surface area contributed by atoms with Gasteiger partial charge in [-0.3, -0.25) is 0 Å². The van der Waals surface area contributed by atoms with Crippen molar-refractivity contribution >= 4 is 22.9 Å². The number of nitrogens with one attached hydrogen (secondary N) is 1. The van der Waals surface area contributed by atoms with Gasteiger partial charge in [-0.1, -0.05) is 23.7 Å². The van der Waals surface area contributed by atoms with Crippen LogP contribution in [0.3, 0.4) is 0 Å². The highest BCUT2D eigenvalue weighted by Crippen LogP contribution is 2.30. The van der Waals surface area contributed by atoms with Crippen molar-refractivity contribution in [3.63, 3.8) is 0 Å². The monoisotopic (exact) mass is 295 g/mol. The molecule has 0 radical (unpaired) electrons. The van der Waals surface area contributed by atoms with E-state index >= 15 is 0 Å². The molecule has 0 saturated heterocycles. The molecule has 1 N–H and O–H groups in total. The summed E-state index contributed by atoms with van der Waals surface area (Å²) >= 11 is 7.64. The molecule has 2 aromatic rings. The molecule has 0 aliphatic heterocycles. The topological polar surface area (TPSA) is 12.0 Å². The third-order valence-electron chi connectivity index (χ3n) is 3.44. The summed E-state index contributed by atoms with van der Waals surface area (Å²) in [5.74, 6) is -0.314. The van der Waals surface area contributed by atoms with Gasteiger partial charge in [-0.2, -0.15) is 0 Å². The molecule has 0 fully saturated rings. The van der Waals surface area contributed by atoms with E-state index in [-0.39, 0.29) is 10.8 Å². The van der Waals surface area contributed by atoms with Crippen LogP contribution in [0.2, 0.25) is 5.02 Å². The number of fused-ring (bicyclic) bond motifs is 1. The molecule has 19 heavy (non-hydrogen) atoms. The van der Waals surface area contributed by atoms with Crippen LogP contribution in [0.5, 0.6) is 0 Å². The van der Waals surface area contributed by atoms with Crippen molar-refractivity contribution in [3.05, 3.63) is 56.0 Å². The first kappa shape index (κ1) is 13.1. The maximum absolute atomic E-state index is 13.7. The largest absolute Gasteiger partial charge is 0.308 e. The molecule has 0 spiro atoms. The summed E-state index contributed by atoms with van der Waals surface area (Å²) in [7, 11) is 0. The van der Waals surface area contributed by atoms with Crippen molar-refractivity contribution in [2.45, 2.75) is 32.4 Å². The average Bonchev–Trinajstić information content (AvgIpc) is 2.95. The number of benzene rings is 1. The Morgan fingerprint density at radius 2 is 2.16 bits per heavy atom. The van der Waals surface area contributed by atoms with Crippen LogP contribution in [-0.2, 0) is 25.9 Å². The first-order chi connectivity index (χ1) is 9.24. The molecule has 0 amide bonds. The van der Waals surface area contributed by atoms with E-state index in [1.54, 1.807) is 18.2 Å². The molecule has 4 heteroatoms. The van der Waals surface area contributed by atoms with E-state index in [1.807, 2.05) is 11.3 Å². The SMILES string of the molecule is Fc1c(Cl)cccc1CNCc1cc2c(s1)CCC2. The minimum Gasteiger partial charge on any atom is -0.308 e. The van der Waals surface area contributed by atoms with E-state index in [4.69, 9.17) is 11.6 Å². The second kappa shape index (κ2) is 5.61. The number of hydrogen-bond donors (Lipinski definition) is 1. The highest BCUT2D eigenvalue weighted by atomic mass is 35.5. The fourth-order valence-corrected chi connectivity index (χ4v) is 3.91. The minimum absolute atomic E-state index is 0.189. The zero-order valence-electron chi connectivity index (χ0n) is 10.5. The van der Waals surface area contributed by atoms with Crippen molar-refractivity contribution in [2.24, 2.45) is 0 Å². The van der Waals surface area contributed by atoms with E-state index in [0.717, 1.165) is 6.54 Å². The maximum Gasteiger partial charge on any atom is 0.146 e. The van der Waals surface area contributed by atoms with E-state index in [9.17, 15) is 4.39 Å². The quantitative estimate of drug-likeness (QED) is 0.886. The van der Waals surface area contributed by atoms with Crippen LogP contribution in [-0.4, -0.2) is 0 Å². The maximum atomic E-state index is 13.7. The van der Waals surface area contributed by atoms with Gasteiger partial charge in [-0.05, 0) is 37.0 Å². The molecular weight excluding hydrogens is 281 g/mol. The normalized spacial score (nSPS) is 13.8. The summed E-state index contributed by atoms with van der Waals surface area (Å²) in [5.41, 5.74) is 2.13. The standard InChI is InChI=1S/C15H15ClFNS/c16-13-5-1-4-11(15(13)17)8-18-9-12-7-10-3-2-6-14(10)19-12/h1,4-5,7,18H,2-3,6,8-9H2. The lowest BCUT2D eigenvalue weighted by Gasteiger charge is -2.05. The molecule has 1 aliphatic rings. The summed E-state index contributed by atoms with van der Waals surface area (Å²) < 4.78 is 13.7. The van der Waals surface area contributed by atoms with Gasteiger partial charge < -0.3 is 5.32 Å². The van der Waals surface area contributed by atoms with Gasteiger partial charge >= 0.3 is 0 Å². The summed E-state index contributed by atoms with van der Waals surface area (Å²) in [6.45, 7) is 1.30. The van der Waals surface area contributed by atoms with Gasteiger partial charge in [0.2, 0.25) is 0 Å². The van der Waals surface area contributed by atoms with Gasteiger partial charge in [0.05, 0.1) is 5.02 Å². The van der Waals surface area contributed by atoms with Crippen LogP contribution in [0.15, 0.2) is 24.3 Å². The lowest BCUT2D eigenvalue weighted by Crippen LogP contribution is -2.13. The molecule has 0 unspecified atom stereocenters. The Hall–Kier alpha value is -0.900. The molecule has 0 bridgehead atoms. The Morgan fingerprint density at radius 3 is 3.00 bits per heavy atom. The van der Waals surface area contributed by atoms with Crippen LogP contribution < -0.4 is 5.32 Å². The number of halogens is 2. The molecular formula is C15H15ClFNS. The minimum atomic E-state index is -0.314. The van der Waals surface area contributed by atoms with Gasteiger partial charge in [-0.25, -0.2) is 4.39 Å². The second-order valence-corrected chi connectivity index (χ2v) is 6.46. The number of rotatable bonds is 4. The van der Waals surface area contributed by atoms with Crippen LogP contribution in [0.1, 0.15) is 27.3 Å². The van der Waals surface area contributed by atoms with Crippen LogP contribution >= 0.6 is 22.9 Å². The Labute approximate surface area is 121 Å². The van der Waals surface area contributed by atoms with Gasteiger partial charge in [0, 0.05) is 28.4 Å².